The topological polar surface area (TPSA) is 54.4 Å². The van der Waals surface area contributed by atoms with E-state index >= 15 is 0 Å². The van der Waals surface area contributed by atoms with E-state index in [2.05, 4.69) is 22.2 Å². The molecule has 0 aliphatic carbocycles. The van der Waals surface area contributed by atoms with Crippen molar-refractivity contribution in [2.45, 2.75) is 33.2 Å². The number of nitrogens with zero attached hydrogens (tertiary/aromatic N) is 2. The van der Waals surface area contributed by atoms with Crippen LogP contribution in [0.5, 0.6) is 0 Å². The van der Waals surface area contributed by atoms with Crippen molar-refractivity contribution in [1.29, 1.82) is 0 Å². The molecule has 90 valence electrons. The van der Waals surface area contributed by atoms with Crippen LogP contribution < -0.4 is 5.32 Å². The summed E-state index contributed by atoms with van der Waals surface area (Å²) in [5.41, 5.74) is 2.09. The number of aryl methyl sites for hydroxylation is 1. The van der Waals surface area contributed by atoms with Crippen molar-refractivity contribution in [2.24, 2.45) is 10.9 Å². The maximum atomic E-state index is 11.8. The van der Waals surface area contributed by atoms with E-state index in [1.807, 2.05) is 26.1 Å². The highest BCUT2D eigenvalue weighted by Crippen LogP contribution is 2.16. The Hall–Kier alpha value is -1.71. The smallest absolute Gasteiger partial charge is 0.250 e. The van der Waals surface area contributed by atoms with Gasteiger partial charge in [-0.25, -0.2) is 0 Å². The van der Waals surface area contributed by atoms with Gasteiger partial charge in [0.1, 0.15) is 11.9 Å². The number of carbonyl (C=O) groups excluding carboxylic acids is 1. The molecule has 4 heteroatoms. The molecule has 0 aromatic carbocycles. The fraction of sp³-hybridized carbons (Fsp3) is 0.462. The minimum atomic E-state index is -0.261. The van der Waals surface area contributed by atoms with Crippen LogP contribution in [0.3, 0.4) is 0 Å². The number of amides is 1. The zero-order valence-corrected chi connectivity index (χ0v) is 10.4. The number of carbonyl (C=O) groups is 1. The average Bonchev–Trinajstić information content (AvgIpc) is 2.71. The van der Waals surface area contributed by atoms with Crippen molar-refractivity contribution >= 4 is 11.7 Å². The predicted octanol–water partition coefficient (Wildman–Crippen LogP) is 1.54. The highest BCUT2D eigenvalue weighted by atomic mass is 16.2. The molecule has 1 N–H and O–H groups in total. The van der Waals surface area contributed by atoms with Crippen molar-refractivity contribution < 1.29 is 4.79 Å². The molecule has 1 unspecified atom stereocenters. The van der Waals surface area contributed by atoms with E-state index in [1.165, 1.54) is 0 Å². The second-order valence-electron chi connectivity index (χ2n) is 4.54. The lowest BCUT2D eigenvalue weighted by Crippen LogP contribution is -2.31. The molecule has 0 spiro atoms. The van der Waals surface area contributed by atoms with Gasteiger partial charge in [-0.05, 0) is 24.0 Å². The average molecular weight is 231 g/mol. The summed E-state index contributed by atoms with van der Waals surface area (Å²) in [7, 11) is 0. The third-order valence-electron chi connectivity index (χ3n) is 2.95. The summed E-state index contributed by atoms with van der Waals surface area (Å²) in [4.78, 5) is 20.3. The Morgan fingerprint density at radius 3 is 2.82 bits per heavy atom. The molecule has 1 aromatic rings. The van der Waals surface area contributed by atoms with Crippen LogP contribution in [0.15, 0.2) is 23.5 Å². The number of aliphatic imine (C=N–C) groups is 1. The number of hydrogen-bond donors (Lipinski definition) is 1. The summed E-state index contributed by atoms with van der Waals surface area (Å²) in [6.45, 7) is 6.08. The van der Waals surface area contributed by atoms with Crippen molar-refractivity contribution in [3.8, 4) is 0 Å². The Kier molecular flexibility index (Phi) is 3.22. The van der Waals surface area contributed by atoms with Crippen LogP contribution in [-0.2, 0) is 11.2 Å². The zero-order valence-electron chi connectivity index (χ0n) is 10.4. The molecule has 0 saturated carbocycles. The van der Waals surface area contributed by atoms with Gasteiger partial charge in [-0.2, -0.15) is 0 Å². The second-order valence-corrected chi connectivity index (χ2v) is 4.54. The van der Waals surface area contributed by atoms with Gasteiger partial charge in [0, 0.05) is 18.0 Å². The van der Waals surface area contributed by atoms with E-state index in [4.69, 9.17) is 0 Å². The minimum absolute atomic E-state index is 0.00568. The molecule has 0 fully saturated rings. The molecule has 1 aliphatic heterocycles. The molecule has 1 amide bonds. The lowest BCUT2D eigenvalue weighted by Gasteiger charge is -2.06. The number of rotatable bonds is 3. The number of hydrogen-bond acceptors (Lipinski definition) is 3. The normalized spacial score (nSPS) is 19.4. The zero-order chi connectivity index (χ0) is 12.4. The Morgan fingerprint density at radius 2 is 2.24 bits per heavy atom. The van der Waals surface area contributed by atoms with Crippen LogP contribution in [0.1, 0.15) is 31.9 Å². The van der Waals surface area contributed by atoms with Crippen molar-refractivity contribution in [2.75, 3.05) is 0 Å². The van der Waals surface area contributed by atoms with E-state index in [0.717, 1.165) is 17.5 Å². The van der Waals surface area contributed by atoms with Crippen LogP contribution >= 0.6 is 0 Å². The van der Waals surface area contributed by atoms with Crippen molar-refractivity contribution in [1.82, 2.24) is 10.3 Å². The predicted molar refractivity (Wildman–Crippen MR) is 66.9 cm³/mol. The van der Waals surface area contributed by atoms with Gasteiger partial charge in [0.25, 0.3) is 5.91 Å². The summed E-state index contributed by atoms with van der Waals surface area (Å²) in [6, 6.07) is 1.64. The quantitative estimate of drug-likeness (QED) is 0.858. The van der Waals surface area contributed by atoms with Gasteiger partial charge in [-0.15, -0.1) is 0 Å². The molecular weight excluding hydrogens is 214 g/mol. The van der Waals surface area contributed by atoms with Crippen LogP contribution in [-0.4, -0.2) is 22.8 Å². The van der Waals surface area contributed by atoms with E-state index in [1.54, 1.807) is 6.20 Å². The maximum absolute atomic E-state index is 11.8. The van der Waals surface area contributed by atoms with Gasteiger partial charge in [0.15, 0.2) is 0 Å². The number of nitrogens with one attached hydrogen (secondary N) is 1. The van der Waals surface area contributed by atoms with Gasteiger partial charge in [0.05, 0.1) is 0 Å². The largest absolute Gasteiger partial charge is 0.309 e. The second kappa shape index (κ2) is 4.65. The molecule has 17 heavy (non-hydrogen) atoms. The molecule has 1 atom stereocenters. The fourth-order valence-electron chi connectivity index (χ4n) is 1.95. The van der Waals surface area contributed by atoms with Crippen LogP contribution in [0.25, 0.3) is 0 Å². The first-order valence-electron chi connectivity index (χ1n) is 5.95. The van der Waals surface area contributed by atoms with Crippen LogP contribution in [0, 0.1) is 5.92 Å². The standard InChI is InChI=1S/C13H17N3O/c1-4-9-7-14-6-5-10(9)12-15-11(8(2)3)13(17)16-12/h5-8,11H,4H2,1-3H3,(H,15,16,17). The third-order valence-corrected chi connectivity index (χ3v) is 2.95. The number of pyridine rings is 1. The molecule has 2 heterocycles. The highest BCUT2D eigenvalue weighted by Gasteiger charge is 2.29. The molecule has 0 bridgehead atoms. The number of amidine groups is 1. The van der Waals surface area contributed by atoms with Crippen LogP contribution in [0.4, 0.5) is 0 Å². The molecule has 4 nitrogen and oxygen atoms in total. The summed E-state index contributed by atoms with van der Waals surface area (Å²) in [5, 5.41) is 2.86. The Balaban J connectivity index is 2.36. The third kappa shape index (κ3) is 2.20. The Morgan fingerprint density at radius 1 is 1.47 bits per heavy atom. The van der Waals surface area contributed by atoms with Crippen LogP contribution in [0.2, 0.25) is 0 Å². The minimum Gasteiger partial charge on any atom is -0.309 e. The molecule has 1 aliphatic rings. The number of aromatic nitrogens is 1. The van der Waals surface area contributed by atoms with E-state index in [0.29, 0.717) is 5.84 Å². The Labute approximate surface area is 101 Å². The monoisotopic (exact) mass is 231 g/mol. The fourth-order valence-corrected chi connectivity index (χ4v) is 1.95. The molecule has 1 aromatic heterocycles. The highest BCUT2D eigenvalue weighted by molar-refractivity contribution is 6.14. The lowest BCUT2D eigenvalue weighted by molar-refractivity contribution is -0.120. The maximum Gasteiger partial charge on any atom is 0.250 e. The molecule has 0 radical (unpaired) electrons. The SMILES string of the molecule is CCc1cnccc1C1=NC(C(C)C)C(=O)N1. The summed E-state index contributed by atoms with van der Waals surface area (Å²) in [6.07, 6.45) is 4.43. The summed E-state index contributed by atoms with van der Waals surface area (Å²) in [5.74, 6) is 0.904. The first-order chi connectivity index (χ1) is 8.13. The Bertz CT molecular complexity index is 465. The van der Waals surface area contributed by atoms with Crippen molar-refractivity contribution in [3.05, 3.63) is 29.6 Å². The molecule has 2 rings (SSSR count). The van der Waals surface area contributed by atoms with E-state index < -0.39 is 0 Å². The first-order valence-corrected chi connectivity index (χ1v) is 5.95. The molecule has 0 saturated heterocycles. The van der Waals surface area contributed by atoms with Gasteiger partial charge >= 0.3 is 0 Å². The summed E-state index contributed by atoms with van der Waals surface area (Å²) >= 11 is 0. The van der Waals surface area contributed by atoms with Crippen molar-refractivity contribution in [3.63, 3.8) is 0 Å². The van der Waals surface area contributed by atoms with Gasteiger partial charge in [-0.1, -0.05) is 20.8 Å². The van der Waals surface area contributed by atoms with Gasteiger partial charge < -0.3 is 5.32 Å². The van der Waals surface area contributed by atoms with E-state index in [9.17, 15) is 4.79 Å². The van der Waals surface area contributed by atoms with Gasteiger partial charge in [0.2, 0.25) is 0 Å². The van der Waals surface area contributed by atoms with Gasteiger partial charge in [-0.3, -0.25) is 14.8 Å². The van der Waals surface area contributed by atoms with E-state index in [-0.39, 0.29) is 17.9 Å². The lowest BCUT2D eigenvalue weighted by atomic mass is 10.1. The summed E-state index contributed by atoms with van der Waals surface area (Å²) < 4.78 is 0. The first kappa shape index (κ1) is 11.8. The molecular formula is C13H17N3O.